The number of nitrogens with zero attached hydrogens (tertiary/aromatic N) is 1. The Morgan fingerprint density at radius 1 is 0.703 bits per heavy atom. The molecule has 1 heterocycles. The molecule has 9 rings (SSSR count). The van der Waals surface area contributed by atoms with Crippen molar-refractivity contribution in [2.45, 2.75) is 45.4 Å². The van der Waals surface area contributed by atoms with Crippen LogP contribution in [0.1, 0.15) is 67.0 Å². The maximum Gasteiger partial charge on any atom is 0.0647 e. The molecule has 0 fully saturated rings. The van der Waals surface area contributed by atoms with Gasteiger partial charge in [-0.15, -0.1) is 0 Å². The van der Waals surface area contributed by atoms with Crippen LogP contribution in [0.2, 0.25) is 0 Å². The summed E-state index contributed by atoms with van der Waals surface area (Å²) in [7, 11) is 1.96. The fourth-order valence-electron chi connectivity index (χ4n) is 8.50. The number of nitrogens with one attached hydrogen (secondary N) is 1. The van der Waals surface area contributed by atoms with Gasteiger partial charge in [0.1, 0.15) is 0 Å². The molecule has 0 saturated heterocycles. The first-order chi connectivity index (χ1) is 31.5. The normalized spacial score (nSPS) is 17.0. The summed E-state index contributed by atoms with van der Waals surface area (Å²) in [4.78, 5) is 2.40. The molecular formula is C61H63N3. The van der Waals surface area contributed by atoms with Gasteiger partial charge in [0.25, 0.3) is 0 Å². The number of fused-ring (bicyclic) bond motifs is 5. The molecule has 0 saturated carbocycles. The maximum absolute atomic E-state index is 5.36. The van der Waals surface area contributed by atoms with E-state index in [1.54, 1.807) is 0 Å². The molecular weight excluding hydrogens is 775 g/mol. The zero-order valence-corrected chi connectivity index (χ0v) is 38.1. The third-order valence-corrected chi connectivity index (χ3v) is 11.4. The average molecular weight is 838 g/mol. The molecule has 3 heteroatoms. The van der Waals surface area contributed by atoms with E-state index in [-0.39, 0.29) is 0 Å². The summed E-state index contributed by atoms with van der Waals surface area (Å²) in [5, 5.41) is 3.02. The Hall–Kier alpha value is -7.20. The highest BCUT2D eigenvalue weighted by atomic mass is 15.1. The van der Waals surface area contributed by atoms with Gasteiger partial charge in [-0.25, -0.2) is 0 Å². The number of rotatable bonds is 10. The minimum absolute atomic E-state index is 0.481. The molecule has 0 radical (unpaired) electrons. The van der Waals surface area contributed by atoms with Crippen LogP contribution in [0, 0.1) is 0 Å². The lowest BCUT2D eigenvalue weighted by Crippen LogP contribution is -2.24. The molecule has 3 N–H and O–H groups in total. The molecule has 6 aromatic rings. The average Bonchev–Trinajstić information content (AvgIpc) is 3.92. The second-order valence-electron chi connectivity index (χ2n) is 15.6. The van der Waals surface area contributed by atoms with Crippen LogP contribution in [-0.4, -0.2) is 13.6 Å². The van der Waals surface area contributed by atoms with Crippen molar-refractivity contribution in [3.05, 3.63) is 276 Å². The van der Waals surface area contributed by atoms with Gasteiger partial charge in [0.15, 0.2) is 0 Å². The molecule has 64 heavy (non-hydrogen) atoms. The van der Waals surface area contributed by atoms with Crippen LogP contribution in [0.3, 0.4) is 0 Å². The van der Waals surface area contributed by atoms with Gasteiger partial charge in [0.05, 0.1) is 11.1 Å². The molecule has 1 atom stereocenters. The molecule has 322 valence electrons. The van der Waals surface area contributed by atoms with Crippen molar-refractivity contribution in [2.24, 2.45) is 0 Å². The molecule has 1 unspecified atom stereocenters. The first kappa shape index (κ1) is 46.3. The number of allylic oxidation sites excluding steroid dienone is 12. The predicted molar refractivity (Wildman–Crippen MR) is 279 cm³/mol. The van der Waals surface area contributed by atoms with E-state index in [0.29, 0.717) is 0 Å². The lowest BCUT2D eigenvalue weighted by Gasteiger charge is -2.32. The first-order valence-corrected chi connectivity index (χ1v) is 22.6. The monoisotopic (exact) mass is 838 g/mol. The third kappa shape index (κ3) is 10.7. The fourth-order valence-corrected chi connectivity index (χ4v) is 8.50. The van der Waals surface area contributed by atoms with Gasteiger partial charge < -0.3 is 16.0 Å². The van der Waals surface area contributed by atoms with Crippen LogP contribution in [0.4, 0.5) is 11.4 Å². The molecule has 3 aliphatic rings. The van der Waals surface area contributed by atoms with Crippen molar-refractivity contribution in [3.63, 3.8) is 0 Å². The van der Waals surface area contributed by atoms with E-state index < -0.39 is 5.41 Å². The third-order valence-electron chi connectivity index (χ3n) is 11.4. The summed E-state index contributed by atoms with van der Waals surface area (Å²) in [5.74, 6) is 0. The van der Waals surface area contributed by atoms with Crippen LogP contribution < -0.4 is 16.0 Å². The van der Waals surface area contributed by atoms with Gasteiger partial charge in [-0.3, -0.25) is 0 Å². The Morgan fingerprint density at radius 2 is 1.34 bits per heavy atom. The number of hydrogen-bond donors (Lipinski definition) is 2. The van der Waals surface area contributed by atoms with Crippen molar-refractivity contribution < 1.29 is 0 Å². The zero-order chi connectivity index (χ0) is 45.2. The summed E-state index contributed by atoms with van der Waals surface area (Å²) >= 11 is 0. The van der Waals surface area contributed by atoms with E-state index >= 15 is 0 Å². The first-order valence-electron chi connectivity index (χ1n) is 22.6. The number of para-hydroxylation sites is 1. The Kier molecular flexibility index (Phi) is 16.9. The minimum Gasteiger partial charge on any atom is -0.399 e. The molecule has 0 amide bonds. The van der Waals surface area contributed by atoms with Crippen molar-refractivity contribution in [1.29, 1.82) is 0 Å². The fraction of sp³-hybridized carbons (Fsp3) is 0.148. The van der Waals surface area contributed by atoms with E-state index in [0.717, 1.165) is 47.5 Å². The van der Waals surface area contributed by atoms with Crippen molar-refractivity contribution >= 4 is 22.5 Å². The standard InChI is InChI=1S/C49H39N.C6H7N.C4H11N.C2H6/c1-3-4-5-17-32-49(41-22-13-8-14-23-41)44-25-16-15-24-43(44)48-45(49)30-31-46-47(48)36(2)26-28-40(39-20-11-7-12-21-39)35-50(46)42-29-27-38(34-42)33-37-18-9-6-10-19-37;7-6-4-2-1-3-5-6;1-3-4-5-2;1-2/h3-26,28-32,34-35H,1-2,27,33H2;1-5H,7H2;5H,3-4H2,1-2H3;1-2H3/b5-4-,28-26-,32-17?,40-35+;;;. The van der Waals surface area contributed by atoms with Crippen LogP contribution in [-0.2, 0) is 11.8 Å². The van der Waals surface area contributed by atoms with Crippen molar-refractivity contribution in [1.82, 2.24) is 5.32 Å². The van der Waals surface area contributed by atoms with Crippen LogP contribution in [0.25, 0.3) is 22.3 Å². The van der Waals surface area contributed by atoms with Gasteiger partial charge in [-0.05, 0) is 107 Å². The Morgan fingerprint density at radius 3 is 1.97 bits per heavy atom. The van der Waals surface area contributed by atoms with E-state index in [9.17, 15) is 0 Å². The van der Waals surface area contributed by atoms with Gasteiger partial charge in [-0.1, -0.05) is 228 Å². The number of nitrogen functional groups attached to an aromatic ring is 1. The molecule has 0 spiro atoms. The highest BCUT2D eigenvalue weighted by Crippen LogP contribution is 2.57. The van der Waals surface area contributed by atoms with Gasteiger partial charge in [0, 0.05) is 23.1 Å². The Labute approximate surface area is 383 Å². The van der Waals surface area contributed by atoms with E-state index in [1.807, 2.05) is 63.4 Å². The van der Waals surface area contributed by atoms with Gasteiger partial charge in [0.2, 0.25) is 0 Å². The second kappa shape index (κ2) is 23.3. The second-order valence-corrected chi connectivity index (χ2v) is 15.6. The van der Waals surface area contributed by atoms with Crippen LogP contribution >= 0.6 is 0 Å². The summed E-state index contributed by atoms with van der Waals surface area (Å²) in [6, 6.07) is 55.4. The van der Waals surface area contributed by atoms with Crippen molar-refractivity contribution in [3.8, 4) is 11.1 Å². The maximum atomic E-state index is 5.36. The smallest absolute Gasteiger partial charge is 0.0647 e. The number of hydrogen-bond acceptors (Lipinski definition) is 3. The Balaban J connectivity index is 0.000000422. The molecule has 1 aliphatic heterocycles. The molecule has 2 aliphatic carbocycles. The lowest BCUT2D eigenvalue weighted by atomic mass is 9.72. The summed E-state index contributed by atoms with van der Waals surface area (Å²) in [5.41, 5.74) is 21.5. The van der Waals surface area contributed by atoms with E-state index in [2.05, 4.69) is 200 Å². The van der Waals surface area contributed by atoms with Gasteiger partial charge >= 0.3 is 0 Å². The summed E-state index contributed by atoms with van der Waals surface area (Å²) in [6.07, 6.45) is 25.0. The topological polar surface area (TPSA) is 41.3 Å². The largest absolute Gasteiger partial charge is 0.399 e. The zero-order valence-electron chi connectivity index (χ0n) is 38.1. The number of anilines is 2. The quantitative estimate of drug-likeness (QED) is 0.107. The van der Waals surface area contributed by atoms with Crippen LogP contribution in [0.5, 0.6) is 0 Å². The van der Waals surface area contributed by atoms with Gasteiger partial charge in [-0.2, -0.15) is 0 Å². The Bertz CT molecular complexity index is 2640. The highest BCUT2D eigenvalue weighted by molar-refractivity contribution is 6.01. The molecule has 6 aromatic carbocycles. The van der Waals surface area contributed by atoms with Crippen molar-refractivity contribution in [2.75, 3.05) is 24.2 Å². The highest BCUT2D eigenvalue weighted by Gasteiger charge is 2.44. The minimum atomic E-state index is -0.481. The molecule has 0 aromatic heterocycles. The molecule has 3 nitrogen and oxygen atoms in total. The molecule has 0 bridgehead atoms. The lowest BCUT2D eigenvalue weighted by molar-refractivity contribution is 0.772. The van der Waals surface area contributed by atoms with Crippen LogP contribution in [0.15, 0.2) is 243 Å². The summed E-state index contributed by atoms with van der Waals surface area (Å²) in [6.45, 7) is 15.9. The van der Waals surface area contributed by atoms with E-state index in [1.165, 1.54) is 56.6 Å². The number of benzene rings is 6. The summed E-state index contributed by atoms with van der Waals surface area (Å²) < 4.78 is 0. The number of nitrogens with two attached hydrogens (primary N) is 1. The van der Waals surface area contributed by atoms with E-state index in [4.69, 9.17) is 12.3 Å². The predicted octanol–water partition coefficient (Wildman–Crippen LogP) is 15.1. The SMILES string of the molecule is C=C/C=C\C=CC1(c2ccccc2)c2ccccc2-c2c1ccc1c2C(=C)/C=C\C(c2ccccc2)=C/N1C1=CCC(Cc2ccccc2)=C1.CC.CCCNC.Nc1ccccc1.